The molecule has 0 saturated heterocycles. The minimum Gasteiger partial charge on any atom is -0.480 e. The monoisotopic (exact) mass is 453 g/mol. The lowest BCUT2D eigenvalue weighted by Crippen LogP contribution is -2.32. The van der Waals surface area contributed by atoms with Gasteiger partial charge in [-0.1, -0.05) is 128 Å². The molecular formula is C27H48ClNO2. The zero-order valence-corrected chi connectivity index (χ0v) is 20.8. The van der Waals surface area contributed by atoms with Crippen LogP contribution in [0.1, 0.15) is 121 Å². The number of rotatable bonds is 20. The Morgan fingerprint density at radius 3 is 1.55 bits per heavy atom. The number of halogens is 1. The topological polar surface area (TPSA) is 63.3 Å². The van der Waals surface area contributed by atoms with Gasteiger partial charge in [0.2, 0.25) is 0 Å². The van der Waals surface area contributed by atoms with Gasteiger partial charge in [0.25, 0.3) is 0 Å². The molecule has 3 N–H and O–H groups in total. The van der Waals surface area contributed by atoms with Crippen molar-refractivity contribution < 1.29 is 9.90 Å². The first-order chi connectivity index (χ1) is 14.6. The highest BCUT2D eigenvalue weighted by Crippen LogP contribution is 2.17. The zero-order chi connectivity index (χ0) is 21.9. The average Bonchev–Trinajstić information content (AvgIpc) is 2.74. The molecule has 180 valence electrons. The number of carboxylic acid groups (broad SMARTS) is 1. The molecule has 0 fully saturated rings. The van der Waals surface area contributed by atoms with E-state index in [9.17, 15) is 4.79 Å². The number of nitrogens with two attached hydrogens (primary N) is 1. The second kappa shape index (κ2) is 20.8. The SMILES string of the molecule is CCCCCCCCCCCCCCCCCCc1ccccc1CC(N)C(=O)O.Cl. The minimum atomic E-state index is -0.924. The predicted molar refractivity (Wildman–Crippen MR) is 136 cm³/mol. The number of hydrogen-bond acceptors (Lipinski definition) is 2. The summed E-state index contributed by atoms with van der Waals surface area (Å²) in [4.78, 5) is 11.0. The molecule has 1 atom stereocenters. The molecule has 0 aliphatic rings. The molecule has 31 heavy (non-hydrogen) atoms. The highest BCUT2D eigenvalue weighted by Gasteiger charge is 2.13. The van der Waals surface area contributed by atoms with Gasteiger partial charge in [0.05, 0.1) is 0 Å². The molecular weight excluding hydrogens is 406 g/mol. The normalized spacial score (nSPS) is 11.8. The van der Waals surface area contributed by atoms with Crippen LogP contribution in [0.5, 0.6) is 0 Å². The number of aliphatic carboxylic acids is 1. The summed E-state index contributed by atoms with van der Waals surface area (Å²) in [6, 6.07) is 7.34. The molecule has 0 radical (unpaired) electrons. The third-order valence-corrected chi connectivity index (χ3v) is 6.18. The van der Waals surface area contributed by atoms with Crippen LogP contribution in [0.3, 0.4) is 0 Å². The van der Waals surface area contributed by atoms with Crippen LogP contribution in [-0.2, 0) is 17.6 Å². The van der Waals surface area contributed by atoms with E-state index < -0.39 is 12.0 Å². The minimum absolute atomic E-state index is 0. The van der Waals surface area contributed by atoms with Gasteiger partial charge in [-0.3, -0.25) is 4.79 Å². The first-order valence-electron chi connectivity index (χ1n) is 12.7. The first kappa shape index (κ1) is 29.9. The largest absolute Gasteiger partial charge is 0.480 e. The van der Waals surface area contributed by atoms with Crippen molar-refractivity contribution in [3.63, 3.8) is 0 Å². The van der Waals surface area contributed by atoms with Gasteiger partial charge in [-0.2, -0.15) is 0 Å². The molecule has 0 aromatic heterocycles. The number of carbonyl (C=O) groups is 1. The predicted octanol–water partition coefficient (Wildman–Crippen LogP) is 7.87. The first-order valence-corrected chi connectivity index (χ1v) is 12.7. The fourth-order valence-corrected chi connectivity index (χ4v) is 4.19. The van der Waals surface area contributed by atoms with Crippen molar-refractivity contribution >= 4 is 18.4 Å². The number of aryl methyl sites for hydroxylation is 1. The second-order valence-electron chi connectivity index (χ2n) is 8.97. The Hall–Kier alpha value is -1.06. The maximum absolute atomic E-state index is 11.0. The van der Waals surface area contributed by atoms with Crippen LogP contribution >= 0.6 is 12.4 Å². The third-order valence-electron chi connectivity index (χ3n) is 6.18. The van der Waals surface area contributed by atoms with Crippen molar-refractivity contribution in [3.8, 4) is 0 Å². The molecule has 0 aliphatic carbocycles. The Bertz CT molecular complexity index is 550. The van der Waals surface area contributed by atoms with E-state index in [2.05, 4.69) is 13.0 Å². The molecule has 0 saturated carbocycles. The molecule has 0 bridgehead atoms. The molecule has 0 aliphatic heterocycles. The Labute approximate surface area is 198 Å². The van der Waals surface area contributed by atoms with E-state index in [1.54, 1.807) is 0 Å². The van der Waals surface area contributed by atoms with Crippen molar-refractivity contribution in [1.82, 2.24) is 0 Å². The summed E-state index contributed by atoms with van der Waals surface area (Å²) in [7, 11) is 0. The van der Waals surface area contributed by atoms with Crippen molar-refractivity contribution in [3.05, 3.63) is 35.4 Å². The van der Waals surface area contributed by atoms with Gasteiger partial charge in [0.15, 0.2) is 0 Å². The fourth-order valence-electron chi connectivity index (χ4n) is 4.19. The lowest BCUT2D eigenvalue weighted by molar-refractivity contribution is -0.138. The van der Waals surface area contributed by atoms with E-state index in [1.807, 2.05) is 18.2 Å². The van der Waals surface area contributed by atoms with E-state index in [0.29, 0.717) is 6.42 Å². The van der Waals surface area contributed by atoms with E-state index in [4.69, 9.17) is 10.8 Å². The molecule has 3 nitrogen and oxygen atoms in total. The summed E-state index contributed by atoms with van der Waals surface area (Å²) in [6.45, 7) is 2.28. The lowest BCUT2D eigenvalue weighted by Gasteiger charge is -2.12. The smallest absolute Gasteiger partial charge is 0.320 e. The maximum Gasteiger partial charge on any atom is 0.320 e. The van der Waals surface area contributed by atoms with Crippen LogP contribution in [-0.4, -0.2) is 17.1 Å². The molecule has 1 unspecified atom stereocenters. The van der Waals surface area contributed by atoms with Crippen molar-refractivity contribution in [2.45, 2.75) is 129 Å². The van der Waals surface area contributed by atoms with Crippen LogP contribution in [0.25, 0.3) is 0 Å². The Balaban J connectivity index is 0.00000900. The van der Waals surface area contributed by atoms with E-state index >= 15 is 0 Å². The van der Waals surface area contributed by atoms with Gasteiger partial charge in [-0.05, 0) is 30.4 Å². The lowest BCUT2D eigenvalue weighted by atomic mass is 9.96. The number of carboxylic acids is 1. The van der Waals surface area contributed by atoms with Gasteiger partial charge < -0.3 is 10.8 Å². The molecule has 0 amide bonds. The number of hydrogen-bond donors (Lipinski definition) is 2. The van der Waals surface area contributed by atoms with Gasteiger partial charge in [0.1, 0.15) is 6.04 Å². The second-order valence-corrected chi connectivity index (χ2v) is 8.97. The quantitative estimate of drug-likeness (QED) is 0.197. The van der Waals surface area contributed by atoms with E-state index in [1.165, 1.54) is 108 Å². The summed E-state index contributed by atoms with van der Waals surface area (Å²) >= 11 is 0. The zero-order valence-electron chi connectivity index (χ0n) is 20.0. The van der Waals surface area contributed by atoms with Crippen molar-refractivity contribution in [2.24, 2.45) is 5.73 Å². The summed E-state index contributed by atoms with van der Waals surface area (Å²) in [5.74, 6) is -0.924. The van der Waals surface area contributed by atoms with E-state index in [-0.39, 0.29) is 12.4 Å². The van der Waals surface area contributed by atoms with Crippen molar-refractivity contribution in [1.29, 1.82) is 0 Å². The maximum atomic E-state index is 11.0. The van der Waals surface area contributed by atoms with Crippen LogP contribution in [0.15, 0.2) is 24.3 Å². The molecule has 0 spiro atoms. The molecule has 1 aromatic rings. The van der Waals surface area contributed by atoms with Crippen LogP contribution in [0, 0.1) is 0 Å². The molecule has 1 aromatic carbocycles. The van der Waals surface area contributed by atoms with Crippen molar-refractivity contribution in [2.75, 3.05) is 0 Å². The van der Waals surface area contributed by atoms with Gasteiger partial charge in [-0.15, -0.1) is 12.4 Å². The summed E-state index contributed by atoms with van der Waals surface area (Å²) in [6.07, 6.45) is 23.5. The van der Waals surface area contributed by atoms with Gasteiger partial charge >= 0.3 is 5.97 Å². The van der Waals surface area contributed by atoms with E-state index in [0.717, 1.165) is 12.0 Å². The Morgan fingerprint density at radius 2 is 1.13 bits per heavy atom. The average molecular weight is 454 g/mol. The van der Waals surface area contributed by atoms with Gasteiger partial charge in [0, 0.05) is 0 Å². The Morgan fingerprint density at radius 1 is 0.742 bits per heavy atom. The summed E-state index contributed by atoms with van der Waals surface area (Å²) in [5.41, 5.74) is 8.06. The third kappa shape index (κ3) is 16.3. The molecule has 0 heterocycles. The fraction of sp³-hybridized carbons (Fsp3) is 0.741. The highest BCUT2D eigenvalue weighted by molar-refractivity contribution is 5.85. The van der Waals surface area contributed by atoms with Crippen LogP contribution in [0.4, 0.5) is 0 Å². The number of benzene rings is 1. The standard InChI is InChI=1S/C27H47NO2.ClH/c1-2-3-4-5-6-7-8-9-10-11-12-13-14-15-16-17-20-24-21-18-19-22-25(24)23-26(28)27(29)30;/h18-19,21-22,26H,2-17,20,23,28H2,1H3,(H,29,30);1H. The summed E-state index contributed by atoms with van der Waals surface area (Å²) < 4.78 is 0. The van der Waals surface area contributed by atoms with Crippen LogP contribution in [0.2, 0.25) is 0 Å². The molecule has 4 heteroatoms. The van der Waals surface area contributed by atoms with Crippen LogP contribution < -0.4 is 5.73 Å². The number of unbranched alkanes of at least 4 members (excludes halogenated alkanes) is 15. The Kier molecular flexibility index (Phi) is 20.1. The highest BCUT2D eigenvalue weighted by atomic mass is 35.5. The van der Waals surface area contributed by atoms with Gasteiger partial charge in [-0.25, -0.2) is 0 Å². The summed E-state index contributed by atoms with van der Waals surface area (Å²) in [5, 5.41) is 9.03. The molecule has 1 rings (SSSR count).